The van der Waals surface area contributed by atoms with Gasteiger partial charge in [0.2, 0.25) is 5.91 Å². The molecule has 2 aliphatic heterocycles. The van der Waals surface area contributed by atoms with Crippen LogP contribution < -0.4 is 4.74 Å². The molecule has 1 saturated carbocycles. The molecule has 0 radical (unpaired) electrons. The van der Waals surface area contributed by atoms with Crippen LogP contribution in [0.3, 0.4) is 0 Å². The molecule has 1 aliphatic carbocycles. The molecule has 1 N–H and O–H groups in total. The third-order valence-electron chi connectivity index (χ3n) is 9.50. The van der Waals surface area contributed by atoms with Gasteiger partial charge in [-0.2, -0.15) is 13.2 Å². The summed E-state index contributed by atoms with van der Waals surface area (Å²) in [6.45, 7) is 7.50. The van der Waals surface area contributed by atoms with Crippen LogP contribution in [0.25, 0.3) is 11.0 Å². The number of carbonyl (C=O) groups is 1. The quantitative estimate of drug-likeness (QED) is 0.276. The number of ether oxygens (including phenoxy) is 1. The van der Waals surface area contributed by atoms with E-state index in [1.807, 2.05) is 35.4 Å². The fourth-order valence-electron chi connectivity index (χ4n) is 6.83. The minimum atomic E-state index is -4.49. The maximum Gasteiger partial charge on any atom is 0.416 e. The van der Waals surface area contributed by atoms with Gasteiger partial charge in [0.05, 0.1) is 17.4 Å². The maximum atomic E-state index is 14.2. The zero-order valence-corrected chi connectivity index (χ0v) is 24.8. The Kier molecular flexibility index (Phi) is 7.37. The standard InChI is InChI=1S/C34H36F3N5O2/c1-2-40-13-15-41(16-14-40)20-24-4-3-23(17-29(24)34(35,36)37)18-31(43)42-21-25-19-26(5-6-28(25)33(22-42)9-10-33)44-30-8-12-39-32-27(30)7-11-38-32/h3-8,11-12,17,19H,2,9-10,13-16,18,20-22H2,1H3,(H,38,39). The zero-order chi connectivity index (χ0) is 30.5. The molecule has 3 aliphatic rings. The number of hydrogen-bond acceptors (Lipinski definition) is 5. The minimum Gasteiger partial charge on any atom is -0.457 e. The summed E-state index contributed by atoms with van der Waals surface area (Å²) >= 11 is 0. The molecule has 2 fully saturated rings. The SMILES string of the molecule is CCN1CCN(Cc2ccc(CC(=O)N3Cc4cc(Oc5ccnc6[nH]ccc56)ccc4C4(CC4)C3)cc2C(F)(F)F)CC1. The van der Waals surface area contributed by atoms with Crippen molar-refractivity contribution < 1.29 is 22.7 Å². The van der Waals surface area contributed by atoms with Crippen molar-refractivity contribution in [3.05, 3.63) is 88.7 Å². The van der Waals surface area contributed by atoms with Crippen LogP contribution in [0.4, 0.5) is 13.2 Å². The Morgan fingerprint density at radius 2 is 1.82 bits per heavy atom. The van der Waals surface area contributed by atoms with Gasteiger partial charge in [0.15, 0.2) is 0 Å². The number of amides is 1. The van der Waals surface area contributed by atoms with Gasteiger partial charge >= 0.3 is 6.18 Å². The van der Waals surface area contributed by atoms with Gasteiger partial charge < -0.3 is 19.5 Å². The van der Waals surface area contributed by atoms with Gasteiger partial charge in [-0.25, -0.2) is 4.98 Å². The van der Waals surface area contributed by atoms with Crippen molar-refractivity contribution in [2.24, 2.45) is 0 Å². The van der Waals surface area contributed by atoms with E-state index < -0.39 is 11.7 Å². The number of piperazine rings is 1. The van der Waals surface area contributed by atoms with Crippen LogP contribution in [-0.4, -0.2) is 69.8 Å². The highest BCUT2D eigenvalue weighted by molar-refractivity contribution is 5.82. The van der Waals surface area contributed by atoms with Crippen LogP contribution in [0, 0.1) is 0 Å². The predicted octanol–water partition coefficient (Wildman–Crippen LogP) is 6.13. The summed E-state index contributed by atoms with van der Waals surface area (Å²) in [6, 6.07) is 14.2. The maximum absolute atomic E-state index is 14.2. The number of fused-ring (bicyclic) bond motifs is 3. The van der Waals surface area contributed by atoms with Crippen LogP contribution in [0.15, 0.2) is 60.9 Å². The van der Waals surface area contributed by atoms with E-state index >= 15 is 0 Å². The highest BCUT2D eigenvalue weighted by Gasteiger charge is 2.50. The summed E-state index contributed by atoms with van der Waals surface area (Å²) in [7, 11) is 0. The third-order valence-corrected chi connectivity index (χ3v) is 9.50. The second-order valence-electron chi connectivity index (χ2n) is 12.4. The number of halogens is 3. The Bertz CT molecular complexity index is 1690. The Hall–Kier alpha value is -3.89. The molecule has 0 atom stereocenters. The van der Waals surface area contributed by atoms with Crippen LogP contribution in [0.1, 0.15) is 47.6 Å². The fourth-order valence-corrected chi connectivity index (χ4v) is 6.83. The summed E-state index contributed by atoms with van der Waals surface area (Å²) in [6.07, 6.45) is 0.922. The second kappa shape index (κ2) is 11.2. The lowest BCUT2D eigenvalue weighted by Crippen LogP contribution is -2.45. The van der Waals surface area contributed by atoms with Gasteiger partial charge in [0.1, 0.15) is 17.1 Å². The summed E-state index contributed by atoms with van der Waals surface area (Å²) in [5, 5.41) is 0.879. The molecular weight excluding hydrogens is 567 g/mol. The number of aromatic amines is 1. The van der Waals surface area contributed by atoms with Gasteiger partial charge in [0, 0.05) is 63.6 Å². The average Bonchev–Trinajstić information content (AvgIpc) is 3.59. The van der Waals surface area contributed by atoms with Gasteiger partial charge in [-0.15, -0.1) is 0 Å². The van der Waals surface area contributed by atoms with Gasteiger partial charge in [-0.1, -0.05) is 25.1 Å². The van der Waals surface area contributed by atoms with E-state index in [-0.39, 0.29) is 29.9 Å². The Balaban J connectivity index is 1.08. The number of aromatic nitrogens is 2. The van der Waals surface area contributed by atoms with Crippen molar-refractivity contribution >= 4 is 16.9 Å². The monoisotopic (exact) mass is 603 g/mol. The zero-order valence-electron chi connectivity index (χ0n) is 24.8. The van der Waals surface area contributed by atoms with E-state index in [9.17, 15) is 18.0 Å². The highest BCUT2D eigenvalue weighted by Crippen LogP contribution is 2.53. The molecule has 1 amide bonds. The number of rotatable bonds is 7. The largest absolute Gasteiger partial charge is 0.457 e. The molecule has 0 unspecified atom stereocenters. The molecule has 2 aromatic carbocycles. The van der Waals surface area contributed by atoms with Crippen LogP contribution in [0.2, 0.25) is 0 Å². The molecular formula is C34H36F3N5O2. The molecule has 44 heavy (non-hydrogen) atoms. The first kappa shape index (κ1) is 28.9. The van der Waals surface area contributed by atoms with Gasteiger partial charge in [-0.3, -0.25) is 9.69 Å². The second-order valence-corrected chi connectivity index (χ2v) is 12.4. The molecule has 230 valence electrons. The van der Waals surface area contributed by atoms with E-state index in [4.69, 9.17) is 4.74 Å². The minimum absolute atomic E-state index is 0.0668. The number of benzene rings is 2. The predicted molar refractivity (Wildman–Crippen MR) is 161 cm³/mol. The first-order valence-electron chi connectivity index (χ1n) is 15.4. The number of alkyl halides is 3. The van der Waals surface area contributed by atoms with Crippen molar-refractivity contribution in [2.45, 2.75) is 50.9 Å². The molecule has 0 bridgehead atoms. The molecule has 1 spiro atoms. The Labute approximate surface area is 254 Å². The van der Waals surface area contributed by atoms with Crippen molar-refractivity contribution in [3.63, 3.8) is 0 Å². The number of carbonyl (C=O) groups excluding carboxylic acids is 1. The van der Waals surface area contributed by atoms with Crippen molar-refractivity contribution in [1.82, 2.24) is 24.7 Å². The van der Waals surface area contributed by atoms with E-state index in [1.54, 1.807) is 18.3 Å². The lowest BCUT2D eigenvalue weighted by Gasteiger charge is -2.35. The smallest absolute Gasteiger partial charge is 0.416 e. The number of nitrogens with one attached hydrogen (secondary N) is 1. The first-order chi connectivity index (χ1) is 21.2. The Morgan fingerprint density at radius 3 is 2.57 bits per heavy atom. The number of hydrogen-bond donors (Lipinski definition) is 1. The van der Waals surface area contributed by atoms with Crippen LogP contribution >= 0.6 is 0 Å². The summed E-state index contributed by atoms with van der Waals surface area (Å²) in [5.74, 6) is 1.20. The van der Waals surface area contributed by atoms with Crippen molar-refractivity contribution in [2.75, 3.05) is 39.3 Å². The highest BCUT2D eigenvalue weighted by atomic mass is 19.4. The lowest BCUT2D eigenvalue weighted by molar-refractivity contribution is -0.139. The molecule has 4 aromatic rings. The van der Waals surface area contributed by atoms with Crippen LogP contribution in [0.5, 0.6) is 11.5 Å². The van der Waals surface area contributed by atoms with Gasteiger partial charge in [-0.05, 0) is 72.0 Å². The summed E-state index contributed by atoms with van der Waals surface area (Å²) < 4.78 is 48.8. The molecule has 4 heterocycles. The topological polar surface area (TPSA) is 64.7 Å². The fraction of sp³-hybridized carbons (Fsp3) is 0.412. The van der Waals surface area contributed by atoms with E-state index in [0.29, 0.717) is 30.2 Å². The average molecular weight is 604 g/mol. The van der Waals surface area contributed by atoms with E-state index in [2.05, 4.69) is 32.8 Å². The summed E-state index contributed by atoms with van der Waals surface area (Å²) in [5.41, 5.74) is 2.93. The molecule has 10 heteroatoms. The molecule has 7 rings (SSSR count). The van der Waals surface area contributed by atoms with Gasteiger partial charge in [0.25, 0.3) is 0 Å². The molecule has 7 nitrogen and oxygen atoms in total. The lowest BCUT2D eigenvalue weighted by atomic mass is 9.86. The van der Waals surface area contributed by atoms with Crippen molar-refractivity contribution in [3.8, 4) is 11.5 Å². The Morgan fingerprint density at radius 1 is 1.02 bits per heavy atom. The number of nitrogens with zero attached hydrogens (tertiary/aromatic N) is 4. The number of likely N-dealkylation sites (N-methyl/N-ethyl adjacent to an activating group) is 1. The third kappa shape index (κ3) is 5.68. The number of pyridine rings is 1. The number of H-pyrrole nitrogens is 1. The molecule has 1 saturated heterocycles. The normalized spacial score (nSPS) is 18.5. The first-order valence-corrected chi connectivity index (χ1v) is 15.4. The summed E-state index contributed by atoms with van der Waals surface area (Å²) in [4.78, 5) is 27.2. The van der Waals surface area contributed by atoms with E-state index in [0.717, 1.165) is 62.2 Å². The molecule has 2 aromatic heterocycles. The van der Waals surface area contributed by atoms with Crippen LogP contribution in [-0.2, 0) is 35.9 Å². The van der Waals surface area contributed by atoms with E-state index in [1.165, 1.54) is 11.6 Å². The van der Waals surface area contributed by atoms with Crippen molar-refractivity contribution in [1.29, 1.82) is 0 Å².